The van der Waals surface area contributed by atoms with Crippen LogP contribution in [0.2, 0.25) is 0 Å². The second kappa shape index (κ2) is 11.1. The van der Waals surface area contributed by atoms with Gasteiger partial charge in [0.05, 0.1) is 25.7 Å². The minimum absolute atomic E-state index is 0. The van der Waals surface area contributed by atoms with Crippen LogP contribution in [0, 0.1) is 5.92 Å². The number of piperidine rings is 1. The van der Waals surface area contributed by atoms with Crippen molar-refractivity contribution in [1.29, 1.82) is 0 Å². The lowest BCUT2D eigenvalue weighted by molar-refractivity contribution is -0.146. The van der Waals surface area contributed by atoms with Crippen molar-refractivity contribution in [3.63, 3.8) is 0 Å². The third-order valence-corrected chi connectivity index (χ3v) is 4.38. The number of rotatable bonds is 4. The maximum atomic E-state index is 11.6. The van der Waals surface area contributed by atoms with Gasteiger partial charge in [-0.05, 0) is 39.0 Å². The molecule has 2 aliphatic heterocycles. The highest BCUT2D eigenvalue weighted by Gasteiger charge is 2.27. The zero-order valence-electron chi connectivity index (χ0n) is 14.3. The normalized spacial score (nSPS) is 23.1. The molecular formula is C16H30IN3O3. The molecule has 0 aromatic heterocycles. The highest BCUT2D eigenvalue weighted by Crippen LogP contribution is 2.19. The van der Waals surface area contributed by atoms with E-state index in [4.69, 9.17) is 14.5 Å². The molecule has 0 amide bonds. The van der Waals surface area contributed by atoms with Crippen LogP contribution >= 0.6 is 24.0 Å². The zero-order valence-corrected chi connectivity index (χ0v) is 16.6. The van der Waals surface area contributed by atoms with Crippen molar-refractivity contribution in [1.82, 2.24) is 10.2 Å². The number of nitrogens with one attached hydrogen (secondary N) is 1. The van der Waals surface area contributed by atoms with Crippen LogP contribution in [0.15, 0.2) is 4.99 Å². The predicted octanol–water partition coefficient (Wildman–Crippen LogP) is 2.02. The number of methoxy groups -OCH3 is 1. The maximum Gasteiger partial charge on any atom is 0.308 e. The molecule has 134 valence electrons. The molecule has 6 nitrogen and oxygen atoms in total. The Morgan fingerprint density at radius 1 is 1.30 bits per heavy atom. The standard InChI is InChI=1S/C16H29N3O3.HI/c1-3-17-16(18-12-14-6-4-5-11-22-14)19-9-7-13(8-10-19)15(20)21-2;/h13-14H,3-12H2,1-2H3,(H,17,18);1H. The molecule has 23 heavy (non-hydrogen) atoms. The summed E-state index contributed by atoms with van der Waals surface area (Å²) in [6.45, 7) is 6.20. The fourth-order valence-corrected chi connectivity index (χ4v) is 3.06. The second-order valence-corrected chi connectivity index (χ2v) is 5.97. The first kappa shape index (κ1) is 20.5. The zero-order chi connectivity index (χ0) is 15.8. The van der Waals surface area contributed by atoms with E-state index in [1.165, 1.54) is 20.0 Å². The second-order valence-electron chi connectivity index (χ2n) is 5.97. The third-order valence-electron chi connectivity index (χ3n) is 4.38. The number of hydrogen-bond donors (Lipinski definition) is 1. The quantitative estimate of drug-likeness (QED) is 0.314. The minimum Gasteiger partial charge on any atom is -0.469 e. The van der Waals surface area contributed by atoms with Crippen LogP contribution in [0.4, 0.5) is 0 Å². The maximum absolute atomic E-state index is 11.6. The summed E-state index contributed by atoms with van der Waals surface area (Å²) in [5, 5.41) is 3.35. The van der Waals surface area contributed by atoms with Gasteiger partial charge in [-0.3, -0.25) is 9.79 Å². The number of guanidine groups is 1. The van der Waals surface area contributed by atoms with Crippen LogP contribution in [0.3, 0.4) is 0 Å². The summed E-state index contributed by atoms with van der Waals surface area (Å²) >= 11 is 0. The number of carbonyl (C=O) groups excluding carboxylic acids is 1. The van der Waals surface area contributed by atoms with Crippen molar-refractivity contribution in [3.05, 3.63) is 0 Å². The lowest BCUT2D eigenvalue weighted by atomic mass is 9.97. The molecule has 0 radical (unpaired) electrons. The van der Waals surface area contributed by atoms with Gasteiger partial charge in [0.1, 0.15) is 0 Å². The molecule has 2 fully saturated rings. The first-order valence-corrected chi connectivity index (χ1v) is 8.47. The van der Waals surface area contributed by atoms with Crippen LogP contribution in [-0.4, -0.2) is 62.8 Å². The molecule has 0 spiro atoms. The Kier molecular flexibility index (Phi) is 9.85. The first-order valence-electron chi connectivity index (χ1n) is 8.47. The monoisotopic (exact) mass is 439 g/mol. The Morgan fingerprint density at radius 2 is 2.04 bits per heavy atom. The summed E-state index contributed by atoms with van der Waals surface area (Å²) in [4.78, 5) is 18.6. The molecule has 7 heteroatoms. The predicted molar refractivity (Wildman–Crippen MR) is 101 cm³/mol. The molecule has 2 heterocycles. The molecule has 2 aliphatic rings. The number of aliphatic imine (C=N–C) groups is 1. The van der Waals surface area contributed by atoms with Gasteiger partial charge in [0.15, 0.2) is 5.96 Å². The smallest absolute Gasteiger partial charge is 0.308 e. The molecule has 2 rings (SSSR count). The van der Waals surface area contributed by atoms with Crippen LogP contribution in [0.25, 0.3) is 0 Å². The molecule has 0 saturated carbocycles. The van der Waals surface area contributed by atoms with Crippen LogP contribution in [0.1, 0.15) is 39.0 Å². The lowest BCUT2D eigenvalue weighted by Gasteiger charge is -2.33. The molecule has 0 aromatic carbocycles. The van der Waals surface area contributed by atoms with Crippen molar-refractivity contribution in [2.75, 3.05) is 39.9 Å². The SMILES string of the molecule is CCNC(=NCC1CCCCO1)N1CCC(C(=O)OC)CC1.I. The Bertz CT molecular complexity index is 379. The van der Waals surface area contributed by atoms with Crippen LogP contribution < -0.4 is 5.32 Å². The van der Waals surface area contributed by atoms with E-state index in [2.05, 4.69) is 17.1 Å². The average molecular weight is 439 g/mol. The number of hydrogen-bond acceptors (Lipinski definition) is 4. The molecule has 1 N–H and O–H groups in total. The fourth-order valence-electron chi connectivity index (χ4n) is 3.06. The summed E-state index contributed by atoms with van der Waals surface area (Å²) in [5.74, 6) is 0.892. The van der Waals surface area contributed by atoms with Gasteiger partial charge in [-0.25, -0.2) is 0 Å². The summed E-state index contributed by atoms with van der Waals surface area (Å²) in [6, 6.07) is 0. The summed E-state index contributed by atoms with van der Waals surface area (Å²) in [6.07, 6.45) is 5.43. The van der Waals surface area contributed by atoms with E-state index >= 15 is 0 Å². The fraction of sp³-hybridized carbons (Fsp3) is 0.875. The topological polar surface area (TPSA) is 63.2 Å². The van der Waals surface area contributed by atoms with E-state index in [1.54, 1.807) is 0 Å². The van der Waals surface area contributed by atoms with Gasteiger partial charge in [0, 0.05) is 26.2 Å². The van der Waals surface area contributed by atoms with Crippen molar-refractivity contribution in [3.8, 4) is 0 Å². The molecule has 1 atom stereocenters. The number of esters is 1. The molecule has 0 aliphatic carbocycles. The Morgan fingerprint density at radius 3 is 2.61 bits per heavy atom. The Hall–Kier alpha value is -0.570. The lowest BCUT2D eigenvalue weighted by Crippen LogP contribution is -2.47. The Balaban J connectivity index is 0.00000264. The third kappa shape index (κ3) is 6.45. The van der Waals surface area contributed by atoms with Crippen LogP contribution in [-0.2, 0) is 14.3 Å². The summed E-state index contributed by atoms with van der Waals surface area (Å²) < 4.78 is 10.6. The van der Waals surface area contributed by atoms with E-state index in [0.717, 1.165) is 58.0 Å². The van der Waals surface area contributed by atoms with E-state index < -0.39 is 0 Å². The van der Waals surface area contributed by atoms with E-state index in [1.807, 2.05) is 0 Å². The summed E-state index contributed by atoms with van der Waals surface area (Å²) in [5.41, 5.74) is 0. The van der Waals surface area contributed by atoms with Gasteiger partial charge in [-0.2, -0.15) is 0 Å². The molecule has 2 saturated heterocycles. The van der Waals surface area contributed by atoms with E-state index in [0.29, 0.717) is 0 Å². The van der Waals surface area contributed by atoms with Crippen molar-refractivity contribution < 1.29 is 14.3 Å². The highest BCUT2D eigenvalue weighted by molar-refractivity contribution is 14.0. The Labute approximate surface area is 156 Å². The molecule has 0 bridgehead atoms. The van der Waals surface area contributed by atoms with Gasteiger partial charge in [-0.15, -0.1) is 24.0 Å². The first-order chi connectivity index (χ1) is 10.7. The van der Waals surface area contributed by atoms with Crippen molar-refractivity contribution in [2.24, 2.45) is 10.9 Å². The number of nitrogens with zero attached hydrogens (tertiary/aromatic N) is 2. The minimum atomic E-state index is -0.0859. The van der Waals surface area contributed by atoms with Gasteiger partial charge in [0.2, 0.25) is 0 Å². The summed E-state index contributed by atoms with van der Waals surface area (Å²) in [7, 11) is 1.46. The average Bonchev–Trinajstić information content (AvgIpc) is 2.59. The van der Waals surface area contributed by atoms with Crippen molar-refractivity contribution >= 4 is 35.9 Å². The molecule has 0 aromatic rings. The van der Waals surface area contributed by atoms with Crippen LogP contribution in [0.5, 0.6) is 0 Å². The molecule has 1 unspecified atom stereocenters. The number of halogens is 1. The number of carbonyl (C=O) groups is 1. The van der Waals surface area contributed by atoms with Gasteiger partial charge in [0.25, 0.3) is 0 Å². The highest BCUT2D eigenvalue weighted by atomic mass is 127. The van der Waals surface area contributed by atoms with Crippen molar-refractivity contribution in [2.45, 2.75) is 45.1 Å². The van der Waals surface area contributed by atoms with E-state index in [9.17, 15) is 4.79 Å². The van der Waals surface area contributed by atoms with Gasteiger partial charge >= 0.3 is 5.97 Å². The van der Waals surface area contributed by atoms with Gasteiger partial charge in [-0.1, -0.05) is 0 Å². The number of ether oxygens (including phenoxy) is 2. The van der Waals surface area contributed by atoms with Gasteiger partial charge < -0.3 is 19.7 Å². The van der Waals surface area contributed by atoms with E-state index in [-0.39, 0.29) is 42.0 Å². The largest absolute Gasteiger partial charge is 0.469 e. The number of likely N-dealkylation sites (tertiary alicyclic amines) is 1. The molecular weight excluding hydrogens is 409 g/mol.